The van der Waals surface area contributed by atoms with Gasteiger partial charge in [-0.15, -0.1) is 0 Å². The highest BCUT2D eigenvalue weighted by Gasteiger charge is 2.53. The summed E-state index contributed by atoms with van der Waals surface area (Å²) in [5, 5.41) is 7.62. The van der Waals surface area contributed by atoms with Gasteiger partial charge >= 0.3 is 0 Å². The molecule has 8 nitrogen and oxygen atoms in total. The molecule has 0 spiro atoms. The normalized spacial score (nSPS) is 27.0. The Hall–Kier alpha value is -2.48. The van der Waals surface area contributed by atoms with Crippen LogP contribution in [0.25, 0.3) is 0 Å². The fourth-order valence-electron chi connectivity index (χ4n) is 5.18. The first-order chi connectivity index (χ1) is 14.6. The van der Waals surface area contributed by atoms with Crippen LogP contribution in [-0.2, 0) is 18.4 Å². The Balaban J connectivity index is 1.37. The van der Waals surface area contributed by atoms with Crippen LogP contribution in [0.4, 0.5) is 5.95 Å². The summed E-state index contributed by atoms with van der Waals surface area (Å²) < 4.78 is 1.85. The molecule has 2 aromatic heterocycles. The minimum absolute atomic E-state index is 0.237. The number of aromatic nitrogens is 4. The van der Waals surface area contributed by atoms with E-state index in [9.17, 15) is 4.79 Å². The fourth-order valence-corrected chi connectivity index (χ4v) is 5.18. The largest absolute Gasteiger partial charge is 0.355 e. The maximum absolute atomic E-state index is 13.5. The first-order valence-electron chi connectivity index (χ1n) is 11.1. The number of hydrogen-bond donors (Lipinski definition) is 1. The van der Waals surface area contributed by atoms with Crippen LogP contribution in [0.2, 0.25) is 0 Å². The van der Waals surface area contributed by atoms with Crippen molar-refractivity contribution in [3.05, 3.63) is 36.4 Å². The van der Waals surface area contributed by atoms with Gasteiger partial charge in [0.05, 0.1) is 11.6 Å². The van der Waals surface area contributed by atoms with Crippen molar-refractivity contribution in [3.63, 3.8) is 0 Å². The summed E-state index contributed by atoms with van der Waals surface area (Å²) in [5.74, 6) is 1.92. The van der Waals surface area contributed by atoms with Gasteiger partial charge in [-0.3, -0.25) is 14.4 Å². The molecule has 3 fully saturated rings. The van der Waals surface area contributed by atoms with E-state index in [0.717, 1.165) is 51.5 Å². The third-order valence-electron chi connectivity index (χ3n) is 6.97. The van der Waals surface area contributed by atoms with E-state index in [4.69, 9.17) is 0 Å². The van der Waals surface area contributed by atoms with E-state index in [1.165, 1.54) is 18.4 Å². The van der Waals surface area contributed by atoms with Gasteiger partial charge in [-0.05, 0) is 44.2 Å². The summed E-state index contributed by atoms with van der Waals surface area (Å²) in [6.07, 6.45) is 12.0. The smallest absolute Gasteiger partial charge is 0.228 e. The van der Waals surface area contributed by atoms with Gasteiger partial charge in [-0.1, -0.05) is 0 Å². The molecule has 0 radical (unpaired) electrons. The summed E-state index contributed by atoms with van der Waals surface area (Å²) in [5.41, 5.74) is 0.863. The molecule has 2 aromatic rings. The standard InChI is InChI=1S/C22H31N7O/c1-27-12-18(11-26-27)13-28-9-2-6-22(20(30)25-10-17-4-5-17)16-29(15-19(22)14-28)21-23-7-3-8-24-21/h3,7-8,11-12,17,19H,2,4-6,9-10,13-16H2,1H3,(H,25,30)/t19-,22-/m0/s1. The van der Waals surface area contributed by atoms with Crippen molar-refractivity contribution < 1.29 is 4.79 Å². The van der Waals surface area contributed by atoms with Gasteiger partial charge < -0.3 is 10.2 Å². The molecule has 0 aromatic carbocycles. The molecule has 1 aliphatic carbocycles. The Kier molecular flexibility index (Phi) is 5.18. The van der Waals surface area contributed by atoms with Gasteiger partial charge in [0, 0.05) is 69.8 Å². The quantitative estimate of drug-likeness (QED) is 0.778. The van der Waals surface area contributed by atoms with E-state index >= 15 is 0 Å². The first-order valence-corrected chi connectivity index (χ1v) is 11.1. The van der Waals surface area contributed by atoms with Crippen molar-refractivity contribution in [2.45, 2.75) is 32.2 Å². The molecule has 2 aliphatic heterocycles. The topological polar surface area (TPSA) is 79.2 Å². The zero-order chi connectivity index (χ0) is 20.6. The zero-order valence-electron chi connectivity index (χ0n) is 17.7. The average molecular weight is 410 g/mol. The molecule has 1 amide bonds. The van der Waals surface area contributed by atoms with Crippen LogP contribution in [0.15, 0.2) is 30.9 Å². The lowest BCUT2D eigenvalue weighted by Crippen LogP contribution is -2.48. The molecule has 5 rings (SSSR count). The highest BCUT2D eigenvalue weighted by molar-refractivity contribution is 5.84. The van der Waals surface area contributed by atoms with Gasteiger partial charge in [0.1, 0.15) is 0 Å². The van der Waals surface area contributed by atoms with E-state index in [2.05, 4.69) is 36.4 Å². The number of fused-ring (bicyclic) bond motifs is 1. The maximum atomic E-state index is 13.5. The summed E-state index contributed by atoms with van der Waals surface area (Å²) in [4.78, 5) is 27.2. The predicted octanol–water partition coefficient (Wildman–Crippen LogP) is 1.45. The number of likely N-dealkylation sites (tertiary alicyclic amines) is 1. The molecule has 30 heavy (non-hydrogen) atoms. The highest BCUT2D eigenvalue weighted by atomic mass is 16.2. The molecule has 3 aliphatic rings. The number of amides is 1. The molecule has 0 bridgehead atoms. The maximum Gasteiger partial charge on any atom is 0.228 e. The van der Waals surface area contributed by atoms with E-state index in [0.29, 0.717) is 12.5 Å². The van der Waals surface area contributed by atoms with Crippen LogP contribution in [0.1, 0.15) is 31.2 Å². The monoisotopic (exact) mass is 409 g/mol. The third-order valence-corrected chi connectivity index (χ3v) is 6.97. The molecule has 4 heterocycles. The number of nitrogens with zero attached hydrogens (tertiary/aromatic N) is 6. The van der Waals surface area contributed by atoms with Crippen molar-refractivity contribution >= 4 is 11.9 Å². The third kappa shape index (κ3) is 3.93. The highest BCUT2D eigenvalue weighted by Crippen LogP contribution is 2.44. The number of carbonyl (C=O) groups excluding carboxylic acids is 1. The average Bonchev–Trinajstić information content (AvgIpc) is 3.43. The van der Waals surface area contributed by atoms with Crippen molar-refractivity contribution in [1.82, 2.24) is 30.0 Å². The van der Waals surface area contributed by atoms with Gasteiger partial charge in [0.25, 0.3) is 0 Å². The second kappa shape index (κ2) is 7.98. The number of nitrogens with one attached hydrogen (secondary N) is 1. The number of anilines is 1. The molecule has 160 valence electrons. The molecule has 0 unspecified atom stereocenters. The zero-order valence-corrected chi connectivity index (χ0v) is 17.7. The van der Waals surface area contributed by atoms with Crippen molar-refractivity contribution in [2.75, 3.05) is 37.6 Å². The number of rotatable bonds is 6. The second-order valence-electron chi connectivity index (χ2n) is 9.30. The van der Waals surface area contributed by atoms with Crippen molar-refractivity contribution in [2.24, 2.45) is 24.3 Å². The van der Waals surface area contributed by atoms with Crippen LogP contribution in [0, 0.1) is 17.3 Å². The summed E-state index contributed by atoms with van der Waals surface area (Å²) in [6.45, 7) is 5.17. The molecular weight excluding hydrogens is 378 g/mol. The van der Waals surface area contributed by atoms with Crippen LogP contribution in [-0.4, -0.2) is 63.3 Å². The lowest BCUT2D eigenvalue weighted by Gasteiger charge is -2.32. The minimum atomic E-state index is -0.363. The van der Waals surface area contributed by atoms with Crippen LogP contribution in [0.5, 0.6) is 0 Å². The van der Waals surface area contributed by atoms with Gasteiger partial charge in [0.2, 0.25) is 11.9 Å². The molecule has 1 saturated carbocycles. The van der Waals surface area contributed by atoms with Gasteiger partial charge in [-0.25, -0.2) is 9.97 Å². The Labute approximate surface area is 177 Å². The molecule has 8 heteroatoms. The summed E-state index contributed by atoms with van der Waals surface area (Å²) in [6, 6.07) is 1.84. The summed E-state index contributed by atoms with van der Waals surface area (Å²) >= 11 is 0. The summed E-state index contributed by atoms with van der Waals surface area (Å²) in [7, 11) is 1.95. The Morgan fingerprint density at radius 1 is 1.27 bits per heavy atom. The molecule has 2 saturated heterocycles. The van der Waals surface area contributed by atoms with E-state index in [-0.39, 0.29) is 17.2 Å². The second-order valence-corrected chi connectivity index (χ2v) is 9.30. The first kappa shape index (κ1) is 19.5. The molecule has 1 N–H and O–H groups in total. The Bertz CT molecular complexity index is 881. The van der Waals surface area contributed by atoms with Crippen molar-refractivity contribution in [3.8, 4) is 0 Å². The van der Waals surface area contributed by atoms with Crippen LogP contribution < -0.4 is 10.2 Å². The minimum Gasteiger partial charge on any atom is -0.355 e. The van der Waals surface area contributed by atoms with E-state index in [1.54, 1.807) is 12.4 Å². The fraction of sp³-hybridized carbons (Fsp3) is 0.636. The van der Waals surface area contributed by atoms with E-state index < -0.39 is 0 Å². The number of carbonyl (C=O) groups is 1. The predicted molar refractivity (Wildman–Crippen MR) is 114 cm³/mol. The molecular formula is C22H31N7O. The SMILES string of the molecule is Cn1cc(CN2CCC[C@]3(C(=O)NCC4CC4)CN(c4ncccn4)C[C@@H]3C2)cn1. The molecule has 2 atom stereocenters. The number of hydrogen-bond acceptors (Lipinski definition) is 6. The Morgan fingerprint density at radius 2 is 2.10 bits per heavy atom. The number of aryl methyl sites for hydroxylation is 1. The van der Waals surface area contributed by atoms with E-state index in [1.807, 2.05) is 24.0 Å². The lowest BCUT2D eigenvalue weighted by molar-refractivity contribution is -0.132. The van der Waals surface area contributed by atoms with Gasteiger partial charge in [0.15, 0.2) is 0 Å². The lowest BCUT2D eigenvalue weighted by atomic mass is 9.74. The van der Waals surface area contributed by atoms with Crippen LogP contribution in [0.3, 0.4) is 0 Å². The van der Waals surface area contributed by atoms with Crippen molar-refractivity contribution in [1.29, 1.82) is 0 Å². The van der Waals surface area contributed by atoms with Crippen LogP contribution >= 0.6 is 0 Å². The Morgan fingerprint density at radius 3 is 2.83 bits per heavy atom. The van der Waals surface area contributed by atoms with Gasteiger partial charge in [-0.2, -0.15) is 5.10 Å².